The normalized spacial score (nSPS) is 15.0. The van der Waals surface area contributed by atoms with Crippen LogP contribution in [0.1, 0.15) is 41.7 Å². The lowest BCUT2D eigenvalue weighted by Crippen LogP contribution is -2.38. The van der Waals surface area contributed by atoms with Crippen molar-refractivity contribution in [3.63, 3.8) is 0 Å². The number of aromatic nitrogens is 2. The number of anilines is 2. The van der Waals surface area contributed by atoms with Crippen LogP contribution in [-0.2, 0) is 4.74 Å². The smallest absolute Gasteiger partial charge is 0.259 e. The number of carbonyl (C=O) groups is 1. The number of rotatable bonds is 7. The van der Waals surface area contributed by atoms with Crippen LogP contribution < -0.4 is 10.2 Å². The Morgan fingerprint density at radius 2 is 1.74 bits per heavy atom. The van der Waals surface area contributed by atoms with E-state index in [2.05, 4.69) is 35.4 Å². The summed E-state index contributed by atoms with van der Waals surface area (Å²) in [6.45, 7) is 4.13. The predicted octanol–water partition coefficient (Wildman–Crippen LogP) is 5.88. The van der Waals surface area contributed by atoms with Gasteiger partial charge in [-0.25, -0.2) is 4.98 Å². The molecule has 0 bridgehead atoms. The molecule has 1 aliphatic rings. The van der Waals surface area contributed by atoms with Crippen molar-refractivity contribution in [3.8, 4) is 0 Å². The molecular formula is C29H30N4O2. The minimum absolute atomic E-state index is 0.0339. The van der Waals surface area contributed by atoms with Crippen LogP contribution in [0, 0.1) is 5.92 Å². The van der Waals surface area contributed by atoms with Gasteiger partial charge in [-0.2, -0.15) is 4.98 Å². The summed E-state index contributed by atoms with van der Waals surface area (Å²) in [6, 6.07) is 26.0. The zero-order valence-corrected chi connectivity index (χ0v) is 19.9. The predicted molar refractivity (Wildman–Crippen MR) is 140 cm³/mol. The van der Waals surface area contributed by atoms with E-state index in [-0.39, 0.29) is 11.9 Å². The second-order valence-corrected chi connectivity index (χ2v) is 9.05. The van der Waals surface area contributed by atoms with E-state index >= 15 is 0 Å². The van der Waals surface area contributed by atoms with Crippen LogP contribution in [0.4, 0.5) is 11.8 Å². The van der Waals surface area contributed by atoms with Gasteiger partial charge in [-0.05, 0) is 60.2 Å². The zero-order chi connectivity index (χ0) is 24.0. The Morgan fingerprint density at radius 1 is 1.00 bits per heavy atom. The molecule has 0 radical (unpaired) electrons. The van der Waals surface area contributed by atoms with Crippen molar-refractivity contribution in [3.05, 3.63) is 96.2 Å². The van der Waals surface area contributed by atoms with Gasteiger partial charge in [-0.1, -0.05) is 60.7 Å². The fourth-order valence-electron chi connectivity index (χ4n) is 4.53. The average molecular weight is 467 g/mol. The lowest BCUT2D eigenvalue weighted by atomic mass is 9.99. The highest BCUT2D eigenvalue weighted by Crippen LogP contribution is 2.25. The van der Waals surface area contributed by atoms with Gasteiger partial charge >= 0.3 is 0 Å². The van der Waals surface area contributed by atoms with E-state index in [4.69, 9.17) is 9.72 Å². The molecule has 0 spiro atoms. The highest BCUT2D eigenvalue weighted by atomic mass is 16.5. The molecule has 1 aliphatic heterocycles. The molecule has 2 heterocycles. The van der Waals surface area contributed by atoms with E-state index in [1.54, 1.807) is 11.1 Å². The first-order valence-electron chi connectivity index (χ1n) is 12.2. The molecule has 0 aliphatic carbocycles. The molecule has 5 rings (SSSR count). The van der Waals surface area contributed by atoms with Gasteiger partial charge in [-0.3, -0.25) is 9.69 Å². The van der Waals surface area contributed by atoms with Crippen molar-refractivity contribution >= 4 is 28.4 Å². The molecular weight excluding hydrogens is 436 g/mol. The second-order valence-electron chi connectivity index (χ2n) is 9.05. The van der Waals surface area contributed by atoms with Gasteiger partial charge in [0.25, 0.3) is 5.91 Å². The summed E-state index contributed by atoms with van der Waals surface area (Å²) < 4.78 is 5.55. The molecule has 1 aromatic heterocycles. The Morgan fingerprint density at radius 3 is 2.54 bits per heavy atom. The molecule has 1 atom stereocenters. The van der Waals surface area contributed by atoms with Crippen LogP contribution in [0.25, 0.3) is 10.8 Å². The van der Waals surface area contributed by atoms with Crippen LogP contribution in [0.15, 0.2) is 85.1 Å². The number of carbonyl (C=O) groups excluding carboxylic acids is 1. The fourth-order valence-corrected chi connectivity index (χ4v) is 4.53. The van der Waals surface area contributed by atoms with Crippen molar-refractivity contribution < 1.29 is 9.53 Å². The Kier molecular flexibility index (Phi) is 7.00. The number of nitrogens with zero attached hydrogens (tertiary/aromatic N) is 3. The number of ether oxygens (including phenoxy) is 1. The van der Waals surface area contributed by atoms with E-state index in [1.165, 1.54) is 0 Å². The molecule has 35 heavy (non-hydrogen) atoms. The SMILES string of the molecule is C[C@H](Nc1nccc(N(CC2CCOCC2)C(=O)c2ccc3ccccc3c2)n1)c1ccccc1. The fraction of sp³-hybridized carbons (Fsp3) is 0.276. The summed E-state index contributed by atoms with van der Waals surface area (Å²) >= 11 is 0. The lowest BCUT2D eigenvalue weighted by molar-refractivity contribution is 0.0668. The van der Waals surface area contributed by atoms with Crippen molar-refractivity contribution in [2.24, 2.45) is 5.92 Å². The van der Waals surface area contributed by atoms with Gasteiger partial charge < -0.3 is 10.1 Å². The standard InChI is InChI=1S/C29H30N4O2/c1-21(23-7-3-2-4-8-23)31-29-30-16-13-27(32-29)33(20-22-14-17-35-18-15-22)28(34)26-12-11-24-9-5-6-10-25(24)19-26/h2-13,16,19,21-22H,14-15,17-18,20H2,1H3,(H,30,31,32)/t21-/m0/s1. The maximum absolute atomic E-state index is 13.8. The highest BCUT2D eigenvalue weighted by molar-refractivity contribution is 6.07. The quantitative estimate of drug-likeness (QED) is 0.369. The molecule has 1 amide bonds. The first-order valence-corrected chi connectivity index (χ1v) is 12.2. The monoisotopic (exact) mass is 466 g/mol. The molecule has 178 valence electrons. The number of fused-ring (bicyclic) bond motifs is 1. The number of hydrogen-bond acceptors (Lipinski definition) is 5. The van der Waals surface area contributed by atoms with Gasteiger partial charge in [-0.15, -0.1) is 0 Å². The maximum atomic E-state index is 13.8. The third kappa shape index (κ3) is 5.49. The lowest BCUT2D eigenvalue weighted by Gasteiger charge is -2.29. The van der Waals surface area contributed by atoms with Crippen LogP contribution >= 0.6 is 0 Å². The highest BCUT2D eigenvalue weighted by Gasteiger charge is 2.25. The summed E-state index contributed by atoms with van der Waals surface area (Å²) in [5, 5.41) is 5.54. The number of nitrogens with one attached hydrogen (secondary N) is 1. The Balaban J connectivity index is 1.44. The summed E-state index contributed by atoms with van der Waals surface area (Å²) in [5.41, 5.74) is 1.80. The first-order chi connectivity index (χ1) is 17.2. The Hall–Kier alpha value is -3.77. The number of amides is 1. The van der Waals surface area contributed by atoms with Crippen molar-refractivity contribution in [1.29, 1.82) is 0 Å². The molecule has 1 saturated heterocycles. The van der Waals surface area contributed by atoms with Gasteiger partial charge in [0.05, 0.1) is 6.04 Å². The van der Waals surface area contributed by atoms with Gasteiger partial charge in [0.1, 0.15) is 5.82 Å². The van der Waals surface area contributed by atoms with Crippen molar-refractivity contribution in [2.75, 3.05) is 30.0 Å². The largest absolute Gasteiger partial charge is 0.381 e. The molecule has 1 fully saturated rings. The van der Waals surface area contributed by atoms with Crippen molar-refractivity contribution in [1.82, 2.24) is 9.97 Å². The summed E-state index contributed by atoms with van der Waals surface area (Å²) in [4.78, 5) is 24.8. The minimum Gasteiger partial charge on any atom is -0.381 e. The van der Waals surface area contributed by atoms with E-state index in [0.717, 1.165) is 42.4 Å². The molecule has 3 aromatic carbocycles. The van der Waals surface area contributed by atoms with Crippen LogP contribution in [0.2, 0.25) is 0 Å². The van der Waals surface area contributed by atoms with Gasteiger partial charge in [0, 0.05) is 31.5 Å². The number of hydrogen-bond donors (Lipinski definition) is 1. The topological polar surface area (TPSA) is 67.3 Å². The molecule has 4 aromatic rings. The van der Waals surface area contributed by atoms with Gasteiger partial charge in [0.15, 0.2) is 0 Å². The molecule has 6 heteroatoms. The van der Waals surface area contributed by atoms with Crippen molar-refractivity contribution in [2.45, 2.75) is 25.8 Å². The minimum atomic E-state index is -0.0528. The summed E-state index contributed by atoms with van der Waals surface area (Å²) in [6.07, 6.45) is 3.58. The second kappa shape index (κ2) is 10.7. The molecule has 6 nitrogen and oxygen atoms in total. The number of benzene rings is 3. The molecule has 0 saturated carbocycles. The summed E-state index contributed by atoms with van der Waals surface area (Å²) in [5.74, 6) is 1.42. The van der Waals surface area contributed by atoms with Crippen LogP contribution in [0.3, 0.4) is 0 Å². The summed E-state index contributed by atoms with van der Waals surface area (Å²) in [7, 11) is 0. The van der Waals surface area contributed by atoms with Crippen LogP contribution in [-0.4, -0.2) is 35.6 Å². The van der Waals surface area contributed by atoms with E-state index in [9.17, 15) is 4.79 Å². The maximum Gasteiger partial charge on any atom is 0.259 e. The van der Waals surface area contributed by atoms with Gasteiger partial charge in [0.2, 0.25) is 5.95 Å². The molecule has 0 unspecified atom stereocenters. The van der Waals surface area contributed by atoms with Crippen LogP contribution in [0.5, 0.6) is 0 Å². The molecule has 1 N–H and O–H groups in total. The van der Waals surface area contributed by atoms with E-state index in [0.29, 0.717) is 29.8 Å². The van der Waals surface area contributed by atoms with E-state index < -0.39 is 0 Å². The zero-order valence-electron chi connectivity index (χ0n) is 19.9. The third-order valence-corrected chi connectivity index (χ3v) is 6.59. The Labute approximate surface area is 206 Å². The Bertz CT molecular complexity index is 1290. The third-order valence-electron chi connectivity index (χ3n) is 6.59. The first kappa shape index (κ1) is 23.0. The van der Waals surface area contributed by atoms with E-state index in [1.807, 2.05) is 60.7 Å². The average Bonchev–Trinajstić information content (AvgIpc) is 2.92.